The summed E-state index contributed by atoms with van der Waals surface area (Å²) in [6, 6.07) is 1.90. The maximum absolute atomic E-state index is 9.24. The highest BCUT2D eigenvalue weighted by atomic mass is 32.1. The van der Waals surface area contributed by atoms with Gasteiger partial charge >= 0.3 is 0 Å². The third kappa shape index (κ3) is 3.24. The lowest BCUT2D eigenvalue weighted by Crippen LogP contribution is -1.77. The second kappa shape index (κ2) is 5.52. The Bertz CT molecular complexity index is 461. The first-order valence-electron chi connectivity index (χ1n) is 5.01. The van der Waals surface area contributed by atoms with Gasteiger partial charge in [0.25, 0.3) is 0 Å². The van der Waals surface area contributed by atoms with Gasteiger partial charge in [0.1, 0.15) is 5.76 Å². The third-order valence-electron chi connectivity index (χ3n) is 2.09. The highest BCUT2D eigenvalue weighted by molar-refractivity contribution is 7.11. The van der Waals surface area contributed by atoms with Crippen LogP contribution in [0.2, 0.25) is 0 Å². The lowest BCUT2D eigenvalue weighted by molar-refractivity contribution is 0.516. The van der Waals surface area contributed by atoms with Gasteiger partial charge in [0, 0.05) is 0 Å². The summed E-state index contributed by atoms with van der Waals surface area (Å²) < 4.78 is 0. The number of allylic oxidation sites excluding steroid dienone is 5. The minimum Gasteiger partial charge on any atom is -0.507 e. The average Bonchev–Trinajstić information content (AvgIpc) is 2.66. The number of rotatable bonds is 4. The van der Waals surface area contributed by atoms with Crippen LogP contribution in [-0.4, -0.2) is 5.11 Å². The molecular weight excluding hydrogens is 216 g/mol. The summed E-state index contributed by atoms with van der Waals surface area (Å²) in [4.78, 5) is 0.785. The molecule has 1 nitrogen and oxygen atoms in total. The molecule has 1 heterocycles. The fraction of sp³-hybridized carbons (Fsp3) is 0.143. The summed E-state index contributed by atoms with van der Waals surface area (Å²) in [5, 5.41) is 11.2. The largest absolute Gasteiger partial charge is 0.507 e. The van der Waals surface area contributed by atoms with Crippen molar-refractivity contribution >= 4 is 22.7 Å². The molecule has 0 saturated carbocycles. The van der Waals surface area contributed by atoms with Crippen molar-refractivity contribution in [2.45, 2.75) is 13.8 Å². The maximum Gasteiger partial charge on any atom is 0.125 e. The van der Waals surface area contributed by atoms with Gasteiger partial charge in [-0.1, -0.05) is 37.0 Å². The lowest BCUT2D eigenvalue weighted by Gasteiger charge is -1.97. The van der Waals surface area contributed by atoms with Gasteiger partial charge in [-0.15, -0.1) is 11.3 Å². The fourth-order valence-corrected chi connectivity index (χ4v) is 2.13. The molecule has 0 aliphatic heterocycles. The van der Waals surface area contributed by atoms with Crippen molar-refractivity contribution in [2.24, 2.45) is 0 Å². The molecule has 0 aliphatic rings. The molecule has 1 N–H and O–H groups in total. The van der Waals surface area contributed by atoms with Crippen LogP contribution in [0.5, 0.6) is 0 Å². The summed E-state index contributed by atoms with van der Waals surface area (Å²) >= 11 is 1.47. The SMILES string of the molecule is C=C(/C=C(C)\C=C/C)c1csc(C(=C)O)c1. The van der Waals surface area contributed by atoms with E-state index in [-0.39, 0.29) is 5.76 Å². The molecule has 84 valence electrons. The van der Waals surface area contributed by atoms with Crippen molar-refractivity contribution in [3.05, 3.63) is 58.8 Å². The molecule has 1 aromatic heterocycles. The van der Waals surface area contributed by atoms with E-state index in [1.165, 1.54) is 11.3 Å². The Morgan fingerprint density at radius 2 is 2.12 bits per heavy atom. The first-order valence-corrected chi connectivity index (χ1v) is 5.89. The highest BCUT2D eigenvalue weighted by Crippen LogP contribution is 2.25. The van der Waals surface area contributed by atoms with E-state index >= 15 is 0 Å². The molecule has 0 bridgehead atoms. The molecule has 2 heteroatoms. The van der Waals surface area contributed by atoms with Crippen LogP contribution in [-0.2, 0) is 0 Å². The Kier molecular flexibility index (Phi) is 4.32. The minimum atomic E-state index is 0.109. The Hall–Kier alpha value is -1.54. The van der Waals surface area contributed by atoms with Gasteiger partial charge in [0.2, 0.25) is 0 Å². The first kappa shape index (κ1) is 12.5. The predicted octanol–water partition coefficient (Wildman–Crippen LogP) is 4.81. The van der Waals surface area contributed by atoms with Crippen LogP contribution < -0.4 is 0 Å². The number of aliphatic hydroxyl groups excluding tert-OH is 1. The third-order valence-corrected chi connectivity index (χ3v) is 3.07. The molecule has 0 spiro atoms. The van der Waals surface area contributed by atoms with Gasteiger partial charge in [-0.3, -0.25) is 0 Å². The van der Waals surface area contributed by atoms with Crippen LogP contribution in [0.25, 0.3) is 11.3 Å². The Morgan fingerprint density at radius 3 is 2.62 bits per heavy atom. The van der Waals surface area contributed by atoms with Crippen molar-refractivity contribution in [3.63, 3.8) is 0 Å². The predicted molar refractivity (Wildman–Crippen MR) is 73.6 cm³/mol. The van der Waals surface area contributed by atoms with E-state index in [0.29, 0.717) is 0 Å². The molecule has 0 atom stereocenters. The minimum absolute atomic E-state index is 0.109. The molecule has 1 aromatic rings. The van der Waals surface area contributed by atoms with Crippen molar-refractivity contribution in [3.8, 4) is 0 Å². The Labute approximate surface area is 101 Å². The van der Waals surface area contributed by atoms with E-state index in [2.05, 4.69) is 13.2 Å². The van der Waals surface area contributed by atoms with Crippen LogP contribution in [0, 0.1) is 0 Å². The summed E-state index contributed by atoms with van der Waals surface area (Å²) in [5.74, 6) is 0.109. The zero-order valence-corrected chi connectivity index (χ0v) is 10.5. The summed E-state index contributed by atoms with van der Waals surface area (Å²) in [7, 11) is 0. The molecule has 0 unspecified atom stereocenters. The average molecular weight is 232 g/mol. The summed E-state index contributed by atoms with van der Waals surface area (Å²) in [6.45, 7) is 11.5. The quantitative estimate of drug-likeness (QED) is 0.583. The molecule has 0 radical (unpaired) electrons. The van der Waals surface area contributed by atoms with Gasteiger partial charge in [0.05, 0.1) is 4.88 Å². The van der Waals surface area contributed by atoms with E-state index in [1.807, 2.05) is 43.5 Å². The van der Waals surface area contributed by atoms with E-state index in [9.17, 15) is 5.11 Å². The Morgan fingerprint density at radius 1 is 1.44 bits per heavy atom. The molecule has 0 aromatic carbocycles. The van der Waals surface area contributed by atoms with E-state index in [0.717, 1.165) is 21.6 Å². The van der Waals surface area contributed by atoms with Crippen molar-refractivity contribution in [2.75, 3.05) is 0 Å². The molecule has 0 amide bonds. The van der Waals surface area contributed by atoms with Crippen LogP contribution >= 0.6 is 11.3 Å². The molecular formula is C14H16OS. The van der Waals surface area contributed by atoms with Crippen LogP contribution in [0.1, 0.15) is 24.3 Å². The zero-order chi connectivity index (χ0) is 12.1. The van der Waals surface area contributed by atoms with E-state index < -0.39 is 0 Å². The highest BCUT2D eigenvalue weighted by Gasteiger charge is 2.03. The molecule has 0 fully saturated rings. The van der Waals surface area contributed by atoms with Crippen molar-refractivity contribution in [1.82, 2.24) is 0 Å². The molecule has 0 saturated heterocycles. The zero-order valence-electron chi connectivity index (χ0n) is 9.66. The first-order chi connectivity index (χ1) is 7.54. The van der Waals surface area contributed by atoms with E-state index in [1.54, 1.807) is 0 Å². The van der Waals surface area contributed by atoms with Gasteiger partial charge in [-0.25, -0.2) is 0 Å². The molecule has 1 rings (SSSR count). The normalized spacial score (nSPS) is 12.0. The second-order valence-electron chi connectivity index (χ2n) is 3.56. The second-order valence-corrected chi connectivity index (χ2v) is 4.47. The van der Waals surface area contributed by atoms with Crippen molar-refractivity contribution in [1.29, 1.82) is 0 Å². The number of aliphatic hydroxyl groups is 1. The maximum atomic E-state index is 9.24. The topological polar surface area (TPSA) is 20.2 Å². The fourth-order valence-electron chi connectivity index (χ4n) is 1.33. The van der Waals surface area contributed by atoms with Gasteiger partial charge in [-0.05, 0) is 36.4 Å². The number of hydrogen-bond donors (Lipinski definition) is 1. The molecule has 0 aliphatic carbocycles. The summed E-state index contributed by atoms with van der Waals surface area (Å²) in [5.41, 5.74) is 3.13. The van der Waals surface area contributed by atoms with Crippen LogP contribution in [0.15, 0.2) is 48.4 Å². The monoisotopic (exact) mass is 232 g/mol. The molecule has 16 heavy (non-hydrogen) atoms. The van der Waals surface area contributed by atoms with Crippen molar-refractivity contribution < 1.29 is 5.11 Å². The van der Waals surface area contributed by atoms with Gasteiger partial charge in [0.15, 0.2) is 0 Å². The number of thiophene rings is 1. The van der Waals surface area contributed by atoms with Crippen LogP contribution in [0.3, 0.4) is 0 Å². The van der Waals surface area contributed by atoms with Gasteiger partial charge in [-0.2, -0.15) is 0 Å². The lowest BCUT2D eigenvalue weighted by atomic mass is 10.1. The standard InChI is InChI=1S/C14H16OS/c1-5-6-10(2)7-11(3)13-8-14(12(4)15)16-9-13/h5-9,15H,3-4H2,1-2H3/b6-5-,10-7-. The van der Waals surface area contributed by atoms with Gasteiger partial charge < -0.3 is 5.11 Å². The smallest absolute Gasteiger partial charge is 0.125 e. The van der Waals surface area contributed by atoms with E-state index in [4.69, 9.17) is 0 Å². The number of hydrogen-bond acceptors (Lipinski definition) is 2. The summed E-state index contributed by atoms with van der Waals surface area (Å²) in [6.07, 6.45) is 6.04. The Balaban J connectivity index is 2.89. The van der Waals surface area contributed by atoms with Crippen LogP contribution in [0.4, 0.5) is 0 Å².